The number of hydrogen-bond donors (Lipinski definition) is 2. The molecular weight excluding hydrogens is 270 g/mol. The molecule has 0 fully saturated rings. The first kappa shape index (κ1) is 13.3. The predicted molar refractivity (Wildman–Crippen MR) is 75.7 cm³/mol. The summed E-state index contributed by atoms with van der Waals surface area (Å²) in [5, 5.41) is 13.4. The maximum atomic E-state index is 12.3. The van der Waals surface area contributed by atoms with Crippen molar-refractivity contribution in [2.24, 2.45) is 7.05 Å². The lowest BCUT2D eigenvalue weighted by Gasteiger charge is -2.13. The van der Waals surface area contributed by atoms with Crippen LogP contribution in [-0.2, 0) is 18.3 Å². The van der Waals surface area contributed by atoms with Crippen LogP contribution in [0.3, 0.4) is 0 Å². The molecule has 2 N–H and O–H groups in total. The van der Waals surface area contributed by atoms with E-state index in [0.29, 0.717) is 23.5 Å². The van der Waals surface area contributed by atoms with Crippen molar-refractivity contribution in [2.45, 2.75) is 19.4 Å². The van der Waals surface area contributed by atoms with Crippen LogP contribution in [0.1, 0.15) is 34.7 Å². The van der Waals surface area contributed by atoms with Gasteiger partial charge in [-0.3, -0.25) is 9.59 Å². The topological polar surface area (TPSA) is 88.9 Å². The van der Waals surface area contributed by atoms with Gasteiger partial charge in [0.15, 0.2) is 5.82 Å². The Morgan fingerprint density at radius 2 is 2.29 bits per heavy atom. The summed E-state index contributed by atoms with van der Waals surface area (Å²) in [6.07, 6.45) is 1.95. The fraction of sp³-hybridized carbons (Fsp3) is 0.286. The van der Waals surface area contributed by atoms with E-state index in [0.717, 1.165) is 5.56 Å². The van der Waals surface area contributed by atoms with Gasteiger partial charge in [-0.05, 0) is 24.6 Å². The molecule has 0 saturated carbocycles. The van der Waals surface area contributed by atoms with Crippen LogP contribution < -0.4 is 10.6 Å². The Bertz CT molecular complexity index is 722. The number of nitrogens with zero attached hydrogens (tertiary/aromatic N) is 3. The van der Waals surface area contributed by atoms with Gasteiger partial charge in [-0.2, -0.15) is 0 Å². The third-order valence-corrected chi connectivity index (χ3v) is 3.48. The molecule has 0 saturated heterocycles. The smallest absolute Gasteiger partial charge is 0.251 e. The standard InChI is InChI=1S/C14H15N5O2/c1-8(13-18-15-7-19(13)2)16-14(21)10-4-3-9-6-12(20)17-11(9)5-10/h3-5,7-8H,6H2,1-2H3,(H,16,21)(H,17,20). The lowest BCUT2D eigenvalue weighted by molar-refractivity contribution is -0.115. The van der Waals surface area contributed by atoms with Gasteiger partial charge in [0.1, 0.15) is 6.33 Å². The highest BCUT2D eigenvalue weighted by Gasteiger charge is 2.20. The minimum atomic E-state index is -0.257. The number of anilines is 1. The second-order valence-electron chi connectivity index (χ2n) is 5.09. The largest absolute Gasteiger partial charge is 0.342 e. The Morgan fingerprint density at radius 3 is 3.00 bits per heavy atom. The molecule has 1 unspecified atom stereocenters. The number of rotatable bonds is 3. The van der Waals surface area contributed by atoms with Crippen molar-refractivity contribution in [1.29, 1.82) is 0 Å². The van der Waals surface area contributed by atoms with Crippen molar-refractivity contribution in [3.8, 4) is 0 Å². The molecule has 0 aliphatic carbocycles. The second-order valence-corrected chi connectivity index (χ2v) is 5.09. The summed E-state index contributed by atoms with van der Waals surface area (Å²) in [4.78, 5) is 23.6. The van der Waals surface area contributed by atoms with Gasteiger partial charge in [-0.15, -0.1) is 10.2 Å². The molecule has 2 aromatic rings. The van der Waals surface area contributed by atoms with E-state index in [-0.39, 0.29) is 17.9 Å². The summed E-state index contributed by atoms with van der Waals surface area (Å²) in [6.45, 7) is 1.84. The number of nitrogens with one attached hydrogen (secondary N) is 2. The van der Waals surface area contributed by atoms with Gasteiger partial charge in [0.05, 0.1) is 12.5 Å². The first-order chi connectivity index (χ1) is 10.0. The zero-order chi connectivity index (χ0) is 15.0. The van der Waals surface area contributed by atoms with Crippen LogP contribution in [0, 0.1) is 0 Å². The number of fused-ring (bicyclic) bond motifs is 1. The van der Waals surface area contributed by atoms with E-state index < -0.39 is 0 Å². The Hall–Kier alpha value is -2.70. The summed E-state index contributed by atoms with van der Waals surface area (Å²) < 4.78 is 1.76. The van der Waals surface area contributed by atoms with Gasteiger partial charge in [0.25, 0.3) is 5.91 Å². The number of aryl methyl sites for hydroxylation is 1. The van der Waals surface area contributed by atoms with E-state index in [1.165, 1.54) is 0 Å². The Morgan fingerprint density at radius 1 is 1.48 bits per heavy atom. The lowest BCUT2D eigenvalue weighted by atomic mass is 10.1. The zero-order valence-electron chi connectivity index (χ0n) is 11.8. The summed E-state index contributed by atoms with van der Waals surface area (Å²) in [5.41, 5.74) is 2.13. The average molecular weight is 285 g/mol. The molecule has 7 nitrogen and oxygen atoms in total. The SMILES string of the molecule is CC(NC(=O)c1ccc2c(c1)NC(=O)C2)c1nncn1C. The van der Waals surface area contributed by atoms with E-state index in [1.807, 2.05) is 14.0 Å². The molecule has 21 heavy (non-hydrogen) atoms. The molecule has 3 rings (SSSR count). The molecular formula is C14H15N5O2. The quantitative estimate of drug-likeness (QED) is 0.873. The van der Waals surface area contributed by atoms with E-state index in [1.54, 1.807) is 29.1 Å². The normalized spacial score (nSPS) is 14.5. The van der Waals surface area contributed by atoms with Crippen LogP contribution in [0.15, 0.2) is 24.5 Å². The van der Waals surface area contributed by atoms with Crippen molar-refractivity contribution >= 4 is 17.5 Å². The third kappa shape index (κ3) is 2.49. The first-order valence-corrected chi connectivity index (χ1v) is 6.62. The molecule has 1 aromatic heterocycles. The monoisotopic (exact) mass is 285 g/mol. The molecule has 0 spiro atoms. The molecule has 1 aromatic carbocycles. The van der Waals surface area contributed by atoms with Crippen molar-refractivity contribution < 1.29 is 9.59 Å². The summed E-state index contributed by atoms with van der Waals surface area (Å²) in [7, 11) is 1.82. The van der Waals surface area contributed by atoms with E-state index in [4.69, 9.17) is 0 Å². The number of hydrogen-bond acceptors (Lipinski definition) is 4. The number of aromatic nitrogens is 3. The van der Waals surface area contributed by atoms with Crippen LogP contribution in [0.5, 0.6) is 0 Å². The Balaban J connectivity index is 1.76. The van der Waals surface area contributed by atoms with E-state index in [2.05, 4.69) is 20.8 Å². The molecule has 0 bridgehead atoms. The molecule has 2 amide bonds. The molecule has 2 heterocycles. The van der Waals surface area contributed by atoms with Crippen molar-refractivity contribution in [1.82, 2.24) is 20.1 Å². The van der Waals surface area contributed by atoms with Crippen LogP contribution in [-0.4, -0.2) is 26.6 Å². The van der Waals surface area contributed by atoms with Gasteiger partial charge in [0.2, 0.25) is 5.91 Å². The van der Waals surface area contributed by atoms with Crippen LogP contribution >= 0.6 is 0 Å². The maximum absolute atomic E-state index is 12.3. The van der Waals surface area contributed by atoms with Gasteiger partial charge in [-0.1, -0.05) is 6.07 Å². The predicted octanol–water partition coefficient (Wildman–Crippen LogP) is 0.801. The van der Waals surface area contributed by atoms with Gasteiger partial charge in [0, 0.05) is 18.3 Å². The van der Waals surface area contributed by atoms with Gasteiger partial charge < -0.3 is 15.2 Å². The fourth-order valence-electron chi connectivity index (χ4n) is 2.38. The lowest BCUT2D eigenvalue weighted by Crippen LogP contribution is -2.28. The number of carbonyl (C=O) groups is 2. The molecule has 108 valence electrons. The summed E-state index contributed by atoms with van der Waals surface area (Å²) >= 11 is 0. The third-order valence-electron chi connectivity index (χ3n) is 3.48. The van der Waals surface area contributed by atoms with Gasteiger partial charge in [-0.25, -0.2) is 0 Å². The summed E-state index contributed by atoms with van der Waals surface area (Å²) in [5.74, 6) is 0.419. The van der Waals surface area contributed by atoms with E-state index >= 15 is 0 Å². The minimum absolute atomic E-state index is 0.0463. The van der Waals surface area contributed by atoms with Crippen molar-refractivity contribution in [3.63, 3.8) is 0 Å². The van der Waals surface area contributed by atoms with Crippen molar-refractivity contribution in [2.75, 3.05) is 5.32 Å². The minimum Gasteiger partial charge on any atom is -0.342 e. The van der Waals surface area contributed by atoms with E-state index in [9.17, 15) is 9.59 Å². The highest BCUT2D eigenvalue weighted by Crippen LogP contribution is 2.24. The molecule has 1 aliphatic rings. The fourth-order valence-corrected chi connectivity index (χ4v) is 2.38. The Kier molecular flexibility index (Phi) is 3.17. The molecule has 0 radical (unpaired) electrons. The average Bonchev–Trinajstić information content (AvgIpc) is 3.02. The molecule has 1 atom stereocenters. The second kappa shape index (κ2) is 5.01. The number of benzene rings is 1. The maximum Gasteiger partial charge on any atom is 0.251 e. The molecule has 1 aliphatic heterocycles. The first-order valence-electron chi connectivity index (χ1n) is 6.62. The van der Waals surface area contributed by atoms with Crippen LogP contribution in [0.25, 0.3) is 0 Å². The highest BCUT2D eigenvalue weighted by molar-refractivity contribution is 6.02. The highest BCUT2D eigenvalue weighted by atomic mass is 16.2. The zero-order valence-corrected chi connectivity index (χ0v) is 11.8. The van der Waals surface area contributed by atoms with Crippen molar-refractivity contribution in [3.05, 3.63) is 41.5 Å². The summed E-state index contributed by atoms with van der Waals surface area (Å²) in [6, 6.07) is 4.96. The van der Waals surface area contributed by atoms with Gasteiger partial charge >= 0.3 is 0 Å². The molecule has 7 heteroatoms. The van der Waals surface area contributed by atoms with Crippen LogP contribution in [0.4, 0.5) is 5.69 Å². The number of amides is 2. The van der Waals surface area contributed by atoms with Crippen LogP contribution in [0.2, 0.25) is 0 Å². The number of carbonyl (C=O) groups excluding carboxylic acids is 2. The Labute approximate surface area is 121 Å².